The third-order valence-electron chi connectivity index (χ3n) is 1.95. The first-order valence-electron chi connectivity index (χ1n) is 5.48. The molecular formula is C13H16O4. The van der Waals surface area contributed by atoms with Crippen LogP contribution in [0.5, 0.6) is 5.75 Å². The molecule has 0 saturated heterocycles. The smallest absolute Gasteiger partial charge is 0.370 e. The Labute approximate surface area is 100 Å². The molecule has 4 nitrogen and oxygen atoms in total. The van der Waals surface area contributed by atoms with Crippen LogP contribution < -0.4 is 4.74 Å². The summed E-state index contributed by atoms with van der Waals surface area (Å²) in [5, 5.41) is 8.79. The SMILES string of the molecule is CCC=C(OCCOc1ccccc1)C(=O)O. The first-order valence-corrected chi connectivity index (χ1v) is 5.48. The Bertz CT molecular complexity index is 370. The molecule has 0 bridgehead atoms. The lowest BCUT2D eigenvalue weighted by Gasteiger charge is -2.08. The van der Waals surface area contributed by atoms with Crippen molar-refractivity contribution in [3.8, 4) is 5.75 Å². The average molecular weight is 236 g/mol. The third kappa shape index (κ3) is 5.06. The molecule has 0 heterocycles. The standard InChI is InChI=1S/C13H16O4/c1-2-6-12(13(14)15)17-10-9-16-11-7-4-3-5-8-11/h3-8H,2,9-10H2,1H3,(H,14,15). The number of aliphatic carboxylic acids is 1. The molecule has 0 aliphatic heterocycles. The van der Waals surface area contributed by atoms with Crippen LogP contribution in [0.15, 0.2) is 42.2 Å². The van der Waals surface area contributed by atoms with Crippen LogP contribution in [0, 0.1) is 0 Å². The van der Waals surface area contributed by atoms with Gasteiger partial charge in [-0.3, -0.25) is 0 Å². The molecule has 0 aliphatic rings. The molecule has 0 spiro atoms. The van der Waals surface area contributed by atoms with Gasteiger partial charge in [-0.25, -0.2) is 4.79 Å². The van der Waals surface area contributed by atoms with E-state index in [1.165, 1.54) is 6.08 Å². The van der Waals surface area contributed by atoms with Gasteiger partial charge in [-0.15, -0.1) is 0 Å². The molecule has 1 rings (SSSR count). The van der Waals surface area contributed by atoms with Crippen molar-refractivity contribution in [3.05, 3.63) is 42.2 Å². The zero-order chi connectivity index (χ0) is 12.5. The fourth-order valence-corrected chi connectivity index (χ4v) is 1.22. The van der Waals surface area contributed by atoms with E-state index < -0.39 is 5.97 Å². The zero-order valence-electron chi connectivity index (χ0n) is 9.76. The Kier molecular flexibility index (Phi) is 5.64. The Balaban J connectivity index is 2.28. The van der Waals surface area contributed by atoms with Gasteiger partial charge >= 0.3 is 5.97 Å². The molecule has 0 amide bonds. The summed E-state index contributed by atoms with van der Waals surface area (Å²) in [6.07, 6.45) is 2.16. The second kappa shape index (κ2) is 7.33. The summed E-state index contributed by atoms with van der Waals surface area (Å²) in [7, 11) is 0. The number of hydrogen-bond donors (Lipinski definition) is 1. The third-order valence-corrected chi connectivity index (χ3v) is 1.95. The quantitative estimate of drug-likeness (QED) is 0.449. The topological polar surface area (TPSA) is 55.8 Å². The molecular weight excluding hydrogens is 220 g/mol. The summed E-state index contributed by atoms with van der Waals surface area (Å²) >= 11 is 0. The van der Waals surface area contributed by atoms with Crippen molar-refractivity contribution in [3.63, 3.8) is 0 Å². The van der Waals surface area contributed by atoms with E-state index in [9.17, 15) is 4.79 Å². The van der Waals surface area contributed by atoms with Crippen LogP contribution in [-0.2, 0) is 9.53 Å². The van der Waals surface area contributed by atoms with Crippen LogP contribution in [0.3, 0.4) is 0 Å². The monoisotopic (exact) mass is 236 g/mol. The van der Waals surface area contributed by atoms with E-state index in [2.05, 4.69) is 0 Å². The van der Waals surface area contributed by atoms with Gasteiger partial charge in [0.05, 0.1) is 0 Å². The number of rotatable bonds is 7. The molecule has 0 atom stereocenters. The Morgan fingerprint density at radius 1 is 1.29 bits per heavy atom. The number of benzene rings is 1. The lowest BCUT2D eigenvalue weighted by atomic mass is 10.3. The lowest BCUT2D eigenvalue weighted by Crippen LogP contribution is -2.11. The van der Waals surface area contributed by atoms with E-state index in [1.54, 1.807) is 0 Å². The molecule has 1 aromatic carbocycles. The fourth-order valence-electron chi connectivity index (χ4n) is 1.22. The molecule has 0 aromatic heterocycles. The molecule has 0 saturated carbocycles. The average Bonchev–Trinajstić information content (AvgIpc) is 2.34. The van der Waals surface area contributed by atoms with E-state index in [1.807, 2.05) is 37.3 Å². The van der Waals surface area contributed by atoms with Gasteiger partial charge in [0.15, 0.2) is 5.76 Å². The predicted octanol–water partition coefficient (Wildman–Crippen LogP) is 2.46. The molecule has 92 valence electrons. The van der Waals surface area contributed by atoms with Crippen molar-refractivity contribution in [2.75, 3.05) is 13.2 Å². The molecule has 0 fully saturated rings. The number of para-hydroxylation sites is 1. The van der Waals surface area contributed by atoms with Gasteiger partial charge in [0.25, 0.3) is 0 Å². The number of allylic oxidation sites excluding steroid dienone is 1. The van der Waals surface area contributed by atoms with E-state index in [-0.39, 0.29) is 12.4 Å². The number of ether oxygens (including phenoxy) is 2. The highest BCUT2D eigenvalue weighted by Gasteiger charge is 2.07. The maximum atomic E-state index is 10.7. The second-order valence-electron chi connectivity index (χ2n) is 3.29. The summed E-state index contributed by atoms with van der Waals surface area (Å²) in [5.74, 6) is -0.330. The Morgan fingerprint density at radius 2 is 2.00 bits per heavy atom. The molecule has 1 aromatic rings. The lowest BCUT2D eigenvalue weighted by molar-refractivity contribution is -0.136. The van der Waals surface area contributed by atoms with Crippen LogP contribution in [0.4, 0.5) is 0 Å². The number of hydrogen-bond acceptors (Lipinski definition) is 3. The highest BCUT2D eigenvalue weighted by atomic mass is 16.5. The van der Waals surface area contributed by atoms with Crippen molar-refractivity contribution in [2.24, 2.45) is 0 Å². The largest absolute Gasteiger partial charge is 0.490 e. The zero-order valence-corrected chi connectivity index (χ0v) is 9.76. The maximum absolute atomic E-state index is 10.7. The van der Waals surface area contributed by atoms with E-state index in [4.69, 9.17) is 14.6 Å². The minimum Gasteiger partial charge on any atom is -0.490 e. The second-order valence-corrected chi connectivity index (χ2v) is 3.29. The fraction of sp³-hybridized carbons (Fsp3) is 0.308. The van der Waals surface area contributed by atoms with Crippen molar-refractivity contribution in [1.29, 1.82) is 0 Å². The summed E-state index contributed by atoms with van der Waals surface area (Å²) in [6, 6.07) is 9.31. The number of carboxylic acid groups (broad SMARTS) is 1. The van der Waals surface area contributed by atoms with Crippen molar-refractivity contribution < 1.29 is 19.4 Å². The molecule has 17 heavy (non-hydrogen) atoms. The summed E-state index contributed by atoms with van der Waals surface area (Å²) in [4.78, 5) is 10.7. The van der Waals surface area contributed by atoms with Gasteiger partial charge in [0, 0.05) is 0 Å². The normalized spacial score (nSPS) is 11.0. The van der Waals surface area contributed by atoms with Crippen molar-refractivity contribution in [1.82, 2.24) is 0 Å². The summed E-state index contributed by atoms with van der Waals surface area (Å²) in [5.41, 5.74) is 0. The van der Waals surface area contributed by atoms with Gasteiger partial charge in [0.2, 0.25) is 0 Å². The van der Waals surface area contributed by atoms with Gasteiger partial charge in [-0.05, 0) is 24.6 Å². The Morgan fingerprint density at radius 3 is 2.59 bits per heavy atom. The van der Waals surface area contributed by atoms with E-state index in [0.29, 0.717) is 13.0 Å². The summed E-state index contributed by atoms with van der Waals surface area (Å²) < 4.78 is 10.5. The van der Waals surface area contributed by atoms with E-state index >= 15 is 0 Å². The number of carboxylic acids is 1. The molecule has 0 aliphatic carbocycles. The van der Waals surface area contributed by atoms with Gasteiger partial charge in [0.1, 0.15) is 19.0 Å². The molecule has 1 N–H and O–H groups in total. The van der Waals surface area contributed by atoms with Gasteiger partial charge < -0.3 is 14.6 Å². The van der Waals surface area contributed by atoms with Gasteiger partial charge in [-0.2, -0.15) is 0 Å². The number of carbonyl (C=O) groups is 1. The van der Waals surface area contributed by atoms with Crippen molar-refractivity contribution >= 4 is 5.97 Å². The van der Waals surface area contributed by atoms with Crippen LogP contribution in [0.1, 0.15) is 13.3 Å². The van der Waals surface area contributed by atoms with Gasteiger partial charge in [-0.1, -0.05) is 25.1 Å². The highest BCUT2D eigenvalue weighted by Crippen LogP contribution is 2.08. The Hall–Kier alpha value is -1.97. The minimum absolute atomic E-state index is 0.0239. The first kappa shape index (κ1) is 13.1. The first-order chi connectivity index (χ1) is 8.24. The van der Waals surface area contributed by atoms with Crippen LogP contribution >= 0.6 is 0 Å². The molecule has 4 heteroatoms. The summed E-state index contributed by atoms with van der Waals surface area (Å²) in [6.45, 7) is 2.39. The van der Waals surface area contributed by atoms with Crippen molar-refractivity contribution in [2.45, 2.75) is 13.3 Å². The predicted molar refractivity (Wildman–Crippen MR) is 63.9 cm³/mol. The maximum Gasteiger partial charge on any atom is 0.370 e. The van der Waals surface area contributed by atoms with E-state index in [0.717, 1.165) is 5.75 Å². The minimum atomic E-state index is -1.05. The molecule has 0 radical (unpaired) electrons. The highest BCUT2D eigenvalue weighted by molar-refractivity contribution is 5.84. The molecule has 0 unspecified atom stereocenters. The van der Waals surface area contributed by atoms with Crippen LogP contribution in [-0.4, -0.2) is 24.3 Å². The van der Waals surface area contributed by atoms with Crippen LogP contribution in [0.2, 0.25) is 0 Å². The van der Waals surface area contributed by atoms with Crippen LogP contribution in [0.25, 0.3) is 0 Å².